The molecule has 0 spiro atoms. The Morgan fingerprint density at radius 1 is 1.10 bits per heavy atom. The van der Waals surface area contributed by atoms with E-state index in [9.17, 15) is 14.3 Å². The lowest BCUT2D eigenvalue weighted by molar-refractivity contribution is -0.143. The number of hydrogen-bond donors (Lipinski definition) is 1. The van der Waals surface area contributed by atoms with E-state index in [1.807, 2.05) is 0 Å². The molecule has 0 heterocycles. The number of rotatable bonds is 5. The topological polar surface area (TPSA) is 46.5 Å². The zero-order valence-electron chi connectivity index (χ0n) is 11.8. The fourth-order valence-electron chi connectivity index (χ4n) is 2.22. The number of halogens is 1. The lowest BCUT2D eigenvalue weighted by atomic mass is 9.88. The maximum Gasteiger partial charge on any atom is 0.306 e. The zero-order valence-corrected chi connectivity index (χ0v) is 11.8. The van der Waals surface area contributed by atoms with Crippen molar-refractivity contribution >= 4 is 5.97 Å². The number of phenolic OH excluding ortho intramolecular Hbond substituents is 1. The Morgan fingerprint density at radius 3 is 2.14 bits per heavy atom. The molecule has 1 atom stereocenters. The molecule has 0 fully saturated rings. The van der Waals surface area contributed by atoms with Gasteiger partial charge in [0.15, 0.2) is 0 Å². The van der Waals surface area contributed by atoms with E-state index in [1.54, 1.807) is 43.3 Å². The number of benzene rings is 2. The molecule has 110 valence electrons. The molecule has 2 aromatic carbocycles. The van der Waals surface area contributed by atoms with Crippen LogP contribution in [0.5, 0.6) is 5.75 Å². The average molecular weight is 288 g/mol. The molecule has 0 aromatic heterocycles. The maximum absolute atomic E-state index is 13.1. The van der Waals surface area contributed by atoms with Crippen LogP contribution in [0.1, 0.15) is 30.4 Å². The van der Waals surface area contributed by atoms with Crippen molar-refractivity contribution in [3.05, 3.63) is 65.5 Å². The fraction of sp³-hybridized carbons (Fsp3) is 0.235. The van der Waals surface area contributed by atoms with Crippen molar-refractivity contribution in [3.8, 4) is 5.75 Å². The summed E-state index contributed by atoms with van der Waals surface area (Å²) in [6.45, 7) is 2.08. The molecule has 0 radical (unpaired) electrons. The Kier molecular flexibility index (Phi) is 4.93. The van der Waals surface area contributed by atoms with E-state index in [-0.39, 0.29) is 29.9 Å². The van der Waals surface area contributed by atoms with Crippen molar-refractivity contribution in [2.75, 3.05) is 6.61 Å². The molecule has 2 aromatic rings. The van der Waals surface area contributed by atoms with Crippen molar-refractivity contribution in [1.82, 2.24) is 0 Å². The van der Waals surface area contributed by atoms with Crippen LogP contribution in [0.3, 0.4) is 0 Å². The van der Waals surface area contributed by atoms with Crippen molar-refractivity contribution in [1.29, 1.82) is 0 Å². The second kappa shape index (κ2) is 6.88. The minimum Gasteiger partial charge on any atom is -0.508 e. The number of carbonyl (C=O) groups excluding carboxylic acids is 1. The largest absolute Gasteiger partial charge is 0.508 e. The first-order chi connectivity index (χ1) is 10.1. The smallest absolute Gasteiger partial charge is 0.306 e. The van der Waals surface area contributed by atoms with E-state index < -0.39 is 0 Å². The number of esters is 1. The summed E-state index contributed by atoms with van der Waals surface area (Å²) in [7, 11) is 0. The molecule has 0 unspecified atom stereocenters. The van der Waals surface area contributed by atoms with Gasteiger partial charge < -0.3 is 9.84 Å². The van der Waals surface area contributed by atoms with Crippen LogP contribution in [0, 0.1) is 5.82 Å². The van der Waals surface area contributed by atoms with Crippen LogP contribution in [-0.2, 0) is 9.53 Å². The van der Waals surface area contributed by atoms with Gasteiger partial charge in [-0.05, 0) is 42.3 Å². The van der Waals surface area contributed by atoms with Crippen LogP contribution in [0.15, 0.2) is 48.5 Å². The first-order valence-corrected chi connectivity index (χ1v) is 6.80. The highest BCUT2D eigenvalue weighted by Gasteiger charge is 2.19. The van der Waals surface area contributed by atoms with E-state index in [0.717, 1.165) is 11.1 Å². The summed E-state index contributed by atoms with van der Waals surface area (Å²) in [5.74, 6) is -0.697. The molecule has 0 aliphatic rings. The average Bonchev–Trinajstić information content (AvgIpc) is 2.47. The Bertz CT molecular complexity index is 545. The zero-order chi connectivity index (χ0) is 15.2. The van der Waals surface area contributed by atoms with Crippen molar-refractivity contribution < 1.29 is 19.0 Å². The molecule has 0 aliphatic carbocycles. The van der Waals surface area contributed by atoms with Gasteiger partial charge in [-0.25, -0.2) is 4.39 Å². The molecule has 3 nitrogen and oxygen atoms in total. The predicted octanol–water partition coefficient (Wildman–Crippen LogP) is 3.62. The quantitative estimate of drug-likeness (QED) is 0.855. The molecule has 0 saturated heterocycles. The van der Waals surface area contributed by atoms with Gasteiger partial charge >= 0.3 is 5.97 Å². The number of phenols is 1. The van der Waals surface area contributed by atoms with Gasteiger partial charge in [-0.2, -0.15) is 0 Å². The molecule has 0 aliphatic heterocycles. The highest BCUT2D eigenvalue weighted by Crippen LogP contribution is 2.29. The molecule has 2 rings (SSSR count). The molecule has 21 heavy (non-hydrogen) atoms. The second-order valence-electron chi connectivity index (χ2n) is 4.70. The summed E-state index contributed by atoms with van der Waals surface area (Å²) < 4.78 is 18.1. The minimum atomic E-state index is -0.320. The molecule has 4 heteroatoms. The summed E-state index contributed by atoms with van der Waals surface area (Å²) >= 11 is 0. The Morgan fingerprint density at radius 2 is 1.62 bits per heavy atom. The Hall–Kier alpha value is -2.36. The van der Waals surface area contributed by atoms with E-state index >= 15 is 0 Å². The summed E-state index contributed by atoms with van der Waals surface area (Å²) in [6, 6.07) is 12.7. The van der Waals surface area contributed by atoms with Gasteiger partial charge in [0.1, 0.15) is 11.6 Å². The van der Waals surface area contributed by atoms with Gasteiger partial charge in [0.05, 0.1) is 13.0 Å². The van der Waals surface area contributed by atoms with Gasteiger partial charge in [0.2, 0.25) is 0 Å². The summed E-state index contributed by atoms with van der Waals surface area (Å²) in [6.07, 6.45) is 0.171. The predicted molar refractivity (Wildman–Crippen MR) is 77.6 cm³/mol. The summed E-state index contributed by atoms with van der Waals surface area (Å²) in [5.41, 5.74) is 1.70. The summed E-state index contributed by atoms with van der Waals surface area (Å²) in [4.78, 5) is 11.8. The third kappa shape index (κ3) is 4.05. The van der Waals surface area contributed by atoms with Gasteiger partial charge in [0.25, 0.3) is 0 Å². The van der Waals surface area contributed by atoms with Crippen molar-refractivity contribution in [2.45, 2.75) is 19.3 Å². The molecule has 0 amide bonds. The van der Waals surface area contributed by atoms with Crippen LogP contribution in [0.2, 0.25) is 0 Å². The highest BCUT2D eigenvalue weighted by atomic mass is 19.1. The van der Waals surface area contributed by atoms with Crippen LogP contribution >= 0.6 is 0 Å². The van der Waals surface area contributed by atoms with E-state index in [0.29, 0.717) is 6.61 Å². The van der Waals surface area contributed by atoms with Gasteiger partial charge in [0, 0.05) is 5.92 Å². The lowest BCUT2D eigenvalue weighted by Gasteiger charge is -2.17. The third-order valence-corrected chi connectivity index (χ3v) is 3.24. The monoisotopic (exact) mass is 288 g/mol. The van der Waals surface area contributed by atoms with Gasteiger partial charge in [-0.3, -0.25) is 4.79 Å². The first-order valence-electron chi connectivity index (χ1n) is 6.80. The highest BCUT2D eigenvalue weighted by molar-refractivity contribution is 5.71. The fourth-order valence-corrected chi connectivity index (χ4v) is 2.22. The van der Waals surface area contributed by atoms with E-state index in [1.165, 1.54) is 12.1 Å². The minimum absolute atomic E-state index is 0.160. The summed E-state index contributed by atoms with van der Waals surface area (Å²) in [5, 5.41) is 9.37. The lowest BCUT2D eigenvalue weighted by Crippen LogP contribution is -2.11. The molecule has 0 bridgehead atoms. The maximum atomic E-state index is 13.1. The van der Waals surface area contributed by atoms with Crippen molar-refractivity contribution in [2.24, 2.45) is 0 Å². The second-order valence-corrected chi connectivity index (χ2v) is 4.70. The van der Waals surface area contributed by atoms with Crippen LogP contribution < -0.4 is 0 Å². The van der Waals surface area contributed by atoms with E-state index in [4.69, 9.17) is 4.74 Å². The van der Waals surface area contributed by atoms with Crippen LogP contribution in [-0.4, -0.2) is 17.7 Å². The number of carbonyl (C=O) groups is 1. The SMILES string of the molecule is CCOC(=O)C[C@H](c1ccc(O)cc1)c1ccc(F)cc1. The van der Waals surface area contributed by atoms with E-state index in [2.05, 4.69) is 0 Å². The Balaban J connectivity index is 2.31. The molecular weight excluding hydrogens is 271 g/mol. The molecule has 1 N–H and O–H groups in total. The van der Waals surface area contributed by atoms with Crippen LogP contribution in [0.4, 0.5) is 4.39 Å². The molecule has 0 saturated carbocycles. The number of hydrogen-bond acceptors (Lipinski definition) is 3. The molecular formula is C17H17FO3. The third-order valence-electron chi connectivity index (χ3n) is 3.24. The van der Waals surface area contributed by atoms with Crippen LogP contribution in [0.25, 0.3) is 0 Å². The Labute approximate surface area is 123 Å². The van der Waals surface area contributed by atoms with Gasteiger partial charge in [-0.15, -0.1) is 0 Å². The number of ether oxygens (including phenoxy) is 1. The first kappa shape index (κ1) is 15.0. The van der Waals surface area contributed by atoms with Crippen molar-refractivity contribution in [3.63, 3.8) is 0 Å². The normalized spacial score (nSPS) is 11.9. The number of aromatic hydroxyl groups is 1. The standard InChI is InChI=1S/C17H17FO3/c1-2-21-17(20)11-16(12-3-7-14(18)8-4-12)13-5-9-15(19)10-6-13/h3-10,16,19H,2,11H2,1H3/t16-/m0/s1. The van der Waals surface area contributed by atoms with Gasteiger partial charge in [-0.1, -0.05) is 24.3 Å².